The summed E-state index contributed by atoms with van der Waals surface area (Å²) < 4.78 is 11.6. The van der Waals surface area contributed by atoms with Crippen LogP contribution in [0.5, 0.6) is 23.3 Å². The van der Waals surface area contributed by atoms with Crippen molar-refractivity contribution in [1.82, 2.24) is 9.97 Å². The maximum absolute atomic E-state index is 10.8. The summed E-state index contributed by atoms with van der Waals surface area (Å²) in [4.78, 5) is 28.3. The zero-order chi connectivity index (χ0) is 21.9. The van der Waals surface area contributed by atoms with E-state index in [1.807, 2.05) is 20.8 Å². The van der Waals surface area contributed by atoms with Crippen molar-refractivity contribution in [1.29, 1.82) is 0 Å². The molecule has 0 radical (unpaired) electrons. The molecule has 0 atom stereocenters. The molecule has 3 aromatic rings. The van der Waals surface area contributed by atoms with Crippen molar-refractivity contribution < 1.29 is 19.3 Å². The molecule has 0 bridgehead atoms. The quantitative estimate of drug-likeness (QED) is 0.401. The molecule has 2 heterocycles. The lowest BCUT2D eigenvalue weighted by Gasteiger charge is -2.23. The molecule has 0 aliphatic carbocycles. The Bertz CT molecular complexity index is 1080. The van der Waals surface area contributed by atoms with Crippen LogP contribution in [0.25, 0.3) is 0 Å². The molecule has 0 saturated carbocycles. The summed E-state index contributed by atoms with van der Waals surface area (Å²) in [7, 11) is 0. The molecule has 154 valence electrons. The van der Waals surface area contributed by atoms with E-state index in [1.165, 1.54) is 24.3 Å². The van der Waals surface area contributed by atoms with Crippen LogP contribution in [0.2, 0.25) is 0 Å². The molecule has 0 saturated heterocycles. The molecule has 1 aromatic carbocycles. The first-order chi connectivity index (χ1) is 14.1. The van der Waals surface area contributed by atoms with E-state index in [2.05, 4.69) is 9.97 Å². The van der Waals surface area contributed by atoms with Gasteiger partial charge in [0.1, 0.15) is 23.9 Å². The number of hydrogen-bond acceptors (Lipinski definition) is 8. The smallest absolute Gasteiger partial charge is 0.287 e. The number of rotatable bonds is 6. The second-order valence-electron chi connectivity index (χ2n) is 7.34. The van der Waals surface area contributed by atoms with Gasteiger partial charge in [0.05, 0.1) is 9.85 Å². The second-order valence-corrected chi connectivity index (χ2v) is 7.34. The Hall–Kier alpha value is -4.08. The van der Waals surface area contributed by atoms with Crippen LogP contribution >= 0.6 is 0 Å². The monoisotopic (exact) mass is 410 g/mol. The molecule has 0 aliphatic heterocycles. The summed E-state index contributed by atoms with van der Waals surface area (Å²) in [5.74, 6) is 1.43. The van der Waals surface area contributed by atoms with Crippen molar-refractivity contribution in [3.8, 4) is 23.3 Å². The molecule has 10 heteroatoms. The van der Waals surface area contributed by atoms with E-state index in [4.69, 9.17) is 9.47 Å². The fraction of sp³-hybridized carbons (Fsp3) is 0.200. The van der Waals surface area contributed by atoms with Crippen LogP contribution < -0.4 is 9.47 Å². The second kappa shape index (κ2) is 8.11. The molecule has 0 fully saturated rings. The lowest BCUT2D eigenvalue weighted by Crippen LogP contribution is -2.13. The van der Waals surface area contributed by atoms with Crippen LogP contribution in [-0.4, -0.2) is 19.8 Å². The molecule has 0 aliphatic rings. The zero-order valence-electron chi connectivity index (χ0n) is 16.4. The van der Waals surface area contributed by atoms with E-state index in [1.54, 1.807) is 18.2 Å². The van der Waals surface area contributed by atoms with E-state index in [0.29, 0.717) is 11.5 Å². The topological polar surface area (TPSA) is 131 Å². The number of nitrogens with zero attached hydrogens (tertiary/aromatic N) is 4. The maximum atomic E-state index is 10.8. The summed E-state index contributed by atoms with van der Waals surface area (Å²) in [6, 6.07) is 10.6. The minimum absolute atomic E-state index is 0.127. The third-order valence-electron chi connectivity index (χ3n) is 4.06. The first kappa shape index (κ1) is 20.6. The third kappa shape index (κ3) is 4.85. The van der Waals surface area contributed by atoms with Gasteiger partial charge >= 0.3 is 0 Å². The molecule has 3 rings (SSSR count). The van der Waals surface area contributed by atoms with Gasteiger partial charge in [0.15, 0.2) is 0 Å². The highest BCUT2D eigenvalue weighted by molar-refractivity contribution is 5.47. The average Bonchev–Trinajstić information content (AvgIpc) is 2.69. The molecule has 0 N–H and O–H groups in total. The van der Waals surface area contributed by atoms with Crippen molar-refractivity contribution in [2.45, 2.75) is 26.2 Å². The van der Waals surface area contributed by atoms with Crippen LogP contribution in [0.3, 0.4) is 0 Å². The van der Waals surface area contributed by atoms with Gasteiger partial charge in [0.25, 0.3) is 11.4 Å². The van der Waals surface area contributed by atoms with Crippen molar-refractivity contribution >= 4 is 11.4 Å². The van der Waals surface area contributed by atoms with Gasteiger partial charge in [-0.2, -0.15) is 0 Å². The summed E-state index contributed by atoms with van der Waals surface area (Å²) in [6.07, 6.45) is 2.25. The fourth-order valence-corrected chi connectivity index (χ4v) is 2.56. The van der Waals surface area contributed by atoms with Crippen LogP contribution in [-0.2, 0) is 5.41 Å². The van der Waals surface area contributed by atoms with E-state index in [9.17, 15) is 20.2 Å². The Morgan fingerprint density at radius 2 is 1.33 bits per heavy atom. The van der Waals surface area contributed by atoms with Crippen molar-refractivity contribution in [2.24, 2.45) is 0 Å². The van der Waals surface area contributed by atoms with E-state index < -0.39 is 9.85 Å². The van der Waals surface area contributed by atoms with Crippen LogP contribution in [0.4, 0.5) is 11.4 Å². The van der Waals surface area contributed by atoms with Crippen LogP contribution in [0, 0.1) is 20.2 Å². The first-order valence-corrected chi connectivity index (χ1v) is 8.84. The van der Waals surface area contributed by atoms with Gasteiger partial charge in [-0.05, 0) is 23.6 Å². The van der Waals surface area contributed by atoms with Crippen molar-refractivity contribution in [3.63, 3.8) is 0 Å². The highest BCUT2D eigenvalue weighted by Crippen LogP contribution is 2.37. The van der Waals surface area contributed by atoms with Gasteiger partial charge in [-0.3, -0.25) is 20.2 Å². The van der Waals surface area contributed by atoms with Crippen molar-refractivity contribution in [2.75, 3.05) is 0 Å². The van der Waals surface area contributed by atoms with Crippen LogP contribution in [0.1, 0.15) is 26.3 Å². The predicted molar refractivity (Wildman–Crippen MR) is 107 cm³/mol. The molecule has 30 heavy (non-hydrogen) atoms. The molecule has 0 amide bonds. The number of nitro groups is 2. The highest BCUT2D eigenvalue weighted by Gasteiger charge is 2.21. The Morgan fingerprint density at radius 1 is 0.800 bits per heavy atom. The van der Waals surface area contributed by atoms with Gasteiger partial charge in [-0.1, -0.05) is 20.8 Å². The first-order valence-electron chi connectivity index (χ1n) is 8.84. The number of benzene rings is 1. The Balaban J connectivity index is 1.86. The average molecular weight is 410 g/mol. The summed E-state index contributed by atoms with van der Waals surface area (Å²) in [6.45, 7) is 5.98. The normalized spacial score (nSPS) is 11.0. The maximum Gasteiger partial charge on any atom is 0.287 e. The summed E-state index contributed by atoms with van der Waals surface area (Å²) in [5.41, 5.74) is 0.232. The van der Waals surface area contributed by atoms with Gasteiger partial charge in [0, 0.05) is 29.8 Å². The summed E-state index contributed by atoms with van der Waals surface area (Å²) in [5, 5.41) is 21.5. The number of aromatic nitrogens is 2. The Kier molecular flexibility index (Phi) is 5.58. The summed E-state index contributed by atoms with van der Waals surface area (Å²) >= 11 is 0. The Morgan fingerprint density at radius 3 is 1.77 bits per heavy atom. The molecule has 0 spiro atoms. The number of ether oxygens (including phenoxy) is 2. The lowest BCUT2D eigenvalue weighted by atomic mass is 9.86. The minimum atomic E-state index is -0.535. The molecular weight excluding hydrogens is 392 g/mol. The molecule has 0 unspecified atom stereocenters. The van der Waals surface area contributed by atoms with Gasteiger partial charge in [-0.15, -0.1) is 0 Å². The standard InChI is InChI=1S/C20H18N4O6/c1-20(2,3)16-10-15(29-18-8-4-13(11-21-18)23(25)26)6-7-17(16)30-19-9-5-14(12-22-19)24(27)28/h4-12H,1-3H3. The minimum Gasteiger partial charge on any atom is -0.439 e. The molecule has 2 aromatic heterocycles. The van der Waals surface area contributed by atoms with E-state index in [0.717, 1.165) is 18.0 Å². The zero-order valence-corrected chi connectivity index (χ0v) is 16.4. The van der Waals surface area contributed by atoms with Crippen molar-refractivity contribution in [3.05, 3.63) is 80.7 Å². The number of hydrogen-bond donors (Lipinski definition) is 0. The van der Waals surface area contributed by atoms with Crippen LogP contribution in [0.15, 0.2) is 54.9 Å². The largest absolute Gasteiger partial charge is 0.439 e. The fourth-order valence-electron chi connectivity index (χ4n) is 2.56. The number of pyridine rings is 2. The predicted octanol–water partition coefficient (Wildman–Crippen LogP) is 5.18. The van der Waals surface area contributed by atoms with Gasteiger partial charge in [0.2, 0.25) is 11.8 Å². The Labute approximate surface area is 171 Å². The van der Waals surface area contributed by atoms with E-state index in [-0.39, 0.29) is 28.5 Å². The molecular formula is C20H18N4O6. The SMILES string of the molecule is CC(C)(C)c1cc(Oc2ccc([N+](=O)[O-])cn2)ccc1Oc1ccc([N+](=O)[O-])cn1. The lowest BCUT2D eigenvalue weighted by molar-refractivity contribution is -0.385. The van der Waals surface area contributed by atoms with Gasteiger partial charge < -0.3 is 9.47 Å². The molecule has 10 nitrogen and oxygen atoms in total. The highest BCUT2D eigenvalue weighted by atomic mass is 16.6. The third-order valence-corrected chi connectivity index (χ3v) is 4.06. The van der Waals surface area contributed by atoms with Gasteiger partial charge in [-0.25, -0.2) is 9.97 Å². The van der Waals surface area contributed by atoms with E-state index >= 15 is 0 Å².